The van der Waals surface area contributed by atoms with E-state index in [9.17, 15) is 19.5 Å². The standard InChI is InChI=1S/C36H40Cl2N2O5/c1-36(2,3)45-31(42)20-23-14-12-22(13-15-23)18-19-39-34(43)32-25-8-4-5-9-26(25)35(44)40(29-10-6-7-11-30(29)41)33(32)27-17-16-24(37)21-28(27)38/h4-5,8-9,12-17,21,29-30,32-33,41H,6-7,10-11,18-20H2,1-3H3,(H,39,43)/t29-,30-,32+,33-/m0/s1. The number of carbonyl (C=O) groups is 3. The summed E-state index contributed by atoms with van der Waals surface area (Å²) in [5.41, 5.74) is 3.02. The normalized spacial score (nSPS) is 21.6. The molecule has 238 valence electrons. The molecule has 1 heterocycles. The summed E-state index contributed by atoms with van der Waals surface area (Å²) in [5.74, 6) is -1.49. The van der Waals surface area contributed by atoms with Crippen molar-refractivity contribution in [2.45, 2.75) is 89.0 Å². The monoisotopic (exact) mass is 650 g/mol. The summed E-state index contributed by atoms with van der Waals surface area (Å²) in [6.07, 6.45) is 3.04. The average molecular weight is 652 g/mol. The maximum absolute atomic E-state index is 14.2. The Kier molecular flexibility index (Phi) is 10.2. The summed E-state index contributed by atoms with van der Waals surface area (Å²) < 4.78 is 5.42. The van der Waals surface area contributed by atoms with E-state index in [0.29, 0.717) is 52.5 Å². The zero-order valence-electron chi connectivity index (χ0n) is 25.9. The molecule has 0 spiro atoms. The summed E-state index contributed by atoms with van der Waals surface area (Å²) in [7, 11) is 0. The number of aliphatic hydroxyl groups excluding tert-OH is 1. The number of ether oxygens (including phenoxy) is 1. The van der Waals surface area contributed by atoms with Crippen LogP contribution in [-0.4, -0.2) is 52.1 Å². The van der Waals surface area contributed by atoms with Gasteiger partial charge in [-0.15, -0.1) is 0 Å². The molecule has 1 aliphatic heterocycles. The molecule has 4 atom stereocenters. The molecule has 2 aliphatic rings. The number of esters is 1. The lowest BCUT2D eigenvalue weighted by Gasteiger charge is -2.48. The number of nitrogens with zero attached hydrogens (tertiary/aromatic N) is 1. The van der Waals surface area contributed by atoms with Crippen molar-refractivity contribution in [3.8, 4) is 0 Å². The van der Waals surface area contributed by atoms with Crippen LogP contribution in [0.2, 0.25) is 10.0 Å². The van der Waals surface area contributed by atoms with Crippen molar-refractivity contribution < 1.29 is 24.2 Å². The van der Waals surface area contributed by atoms with Crippen molar-refractivity contribution in [2.24, 2.45) is 0 Å². The molecule has 0 radical (unpaired) electrons. The number of carbonyl (C=O) groups excluding carboxylic acids is 3. The van der Waals surface area contributed by atoms with E-state index in [0.717, 1.165) is 24.0 Å². The Labute approximate surface area is 274 Å². The SMILES string of the molecule is CC(C)(C)OC(=O)Cc1ccc(CCNC(=O)[C@@H]2c3ccccc3C(=O)N([C@H]3CCCC[C@@H]3O)[C@H]2c2ccc(Cl)cc2Cl)cc1. The number of hydrogen-bond acceptors (Lipinski definition) is 5. The predicted molar refractivity (Wildman–Crippen MR) is 176 cm³/mol. The van der Waals surface area contributed by atoms with E-state index in [1.807, 2.05) is 57.2 Å². The van der Waals surface area contributed by atoms with Crippen LogP contribution < -0.4 is 5.32 Å². The second-order valence-electron chi connectivity index (χ2n) is 12.9. The molecule has 1 fully saturated rings. The minimum Gasteiger partial charge on any atom is -0.460 e. The number of halogens is 2. The van der Waals surface area contributed by atoms with Gasteiger partial charge >= 0.3 is 5.97 Å². The number of amides is 2. The van der Waals surface area contributed by atoms with Crippen molar-refractivity contribution in [1.82, 2.24) is 10.2 Å². The van der Waals surface area contributed by atoms with Gasteiger partial charge in [0.25, 0.3) is 5.91 Å². The summed E-state index contributed by atoms with van der Waals surface area (Å²) in [6.45, 7) is 5.89. The second-order valence-corrected chi connectivity index (χ2v) is 13.8. The highest BCUT2D eigenvalue weighted by Gasteiger charge is 2.48. The molecule has 5 rings (SSSR count). The van der Waals surface area contributed by atoms with Crippen LogP contribution in [0.4, 0.5) is 0 Å². The molecule has 3 aromatic carbocycles. The fourth-order valence-electron chi connectivity index (χ4n) is 6.50. The van der Waals surface area contributed by atoms with Crippen LogP contribution in [0.3, 0.4) is 0 Å². The zero-order chi connectivity index (χ0) is 32.3. The lowest BCUT2D eigenvalue weighted by Crippen LogP contribution is -2.55. The van der Waals surface area contributed by atoms with E-state index in [4.69, 9.17) is 27.9 Å². The average Bonchev–Trinajstić information content (AvgIpc) is 2.98. The first-order chi connectivity index (χ1) is 21.4. The van der Waals surface area contributed by atoms with E-state index in [2.05, 4.69) is 5.32 Å². The molecular weight excluding hydrogens is 611 g/mol. The number of benzene rings is 3. The van der Waals surface area contributed by atoms with E-state index in [1.54, 1.807) is 35.2 Å². The smallest absolute Gasteiger partial charge is 0.310 e. The van der Waals surface area contributed by atoms with Gasteiger partial charge in [-0.3, -0.25) is 14.4 Å². The molecule has 2 amide bonds. The lowest BCUT2D eigenvalue weighted by atomic mass is 9.76. The minimum absolute atomic E-state index is 0.189. The highest BCUT2D eigenvalue weighted by molar-refractivity contribution is 6.35. The molecule has 45 heavy (non-hydrogen) atoms. The number of aliphatic hydroxyl groups is 1. The highest BCUT2D eigenvalue weighted by atomic mass is 35.5. The van der Waals surface area contributed by atoms with Gasteiger partial charge in [-0.2, -0.15) is 0 Å². The molecule has 0 aromatic heterocycles. The van der Waals surface area contributed by atoms with Crippen molar-refractivity contribution in [3.63, 3.8) is 0 Å². The van der Waals surface area contributed by atoms with Crippen molar-refractivity contribution in [3.05, 3.63) is 105 Å². The molecule has 2 N–H and O–H groups in total. The quantitative estimate of drug-likeness (QED) is 0.261. The van der Waals surface area contributed by atoms with E-state index >= 15 is 0 Å². The van der Waals surface area contributed by atoms with Gasteiger partial charge < -0.3 is 20.1 Å². The first-order valence-corrected chi connectivity index (χ1v) is 16.3. The summed E-state index contributed by atoms with van der Waals surface area (Å²) in [6, 6.07) is 18.8. The molecular formula is C36H40Cl2N2O5. The molecule has 1 saturated carbocycles. The van der Waals surface area contributed by atoms with Crippen LogP contribution >= 0.6 is 23.2 Å². The topological polar surface area (TPSA) is 95.9 Å². The summed E-state index contributed by atoms with van der Waals surface area (Å²) >= 11 is 13.0. The van der Waals surface area contributed by atoms with Crippen LogP contribution in [0.15, 0.2) is 66.7 Å². The van der Waals surface area contributed by atoms with E-state index in [-0.39, 0.29) is 24.2 Å². The molecule has 0 bridgehead atoms. The molecule has 7 nitrogen and oxygen atoms in total. The van der Waals surface area contributed by atoms with Gasteiger partial charge in [-0.1, -0.05) is 84.6 Å². The summed E-state index contributed by atoms with van der Waals surface area (Å²) in [4.78, 5) is 42.2. The van der Waals surface area contributed by atoms with Crippen LogP contribution in [0.1, 0.15) is 91.0 Å². The number of nitrogens with one attached hydrogen (secondary N) is 1. The zero-order valence-corrected chi connectivity index (χ0v) is 27.4. The minimum atomic E-state index is -0.761. The molecule has 0 unspecified atom stereocenters. The Morgan fingerprint density at radius 3 is 2.33 bits per heavy atom. The fourth-order valence-corrected chi connectivity index (χ4v) is 7.02. The Morgan fingerprint density at radius 2 is 1.64 bits per heavy atom. The summed E-state index contributed by atoms with van der Waals surface area (Å²) in [5, 5.41) is 15.0. The maximum Gasteiger partial charge on any atom is 0.310 e. The number of hydrogen-bond donors (Lipinski definition) is 2. The molecule has 9 heteroatoms. The Bertz CT molecular complexity index is 1550. The van der Waals surface area contributed by atoms with Gasteiger partial charge in [0.05, 0.1) is 30.5 Å². The molecule has 0 saturated heterocycles. The van der Waals surface area contributed by atoms with Crippen LogP contribution in [0.5, 0.6) is 0 Å². The lowest BCUT2D eigenvalue weighted by molar-refractivity contribution is -0.153. The van der Waals surface area contributed by atoms with Crippen LogP contribution in [-0.2, 0) is 27.2 Å². The van der Waals surface area contributed by atoms with Gasteiger partial charge in [0, 0.05) is 22.2 Å². The third-order valence-corrected chi connectivity index (χ3v) is 9.06. The van der Waals surface area contributed by atoms with Gasteiger partial charge in [-0.25, -0.2) is 0 Å². The van der Waals surface area contributed by atoms with Gasteiger partial charge in [-0.05, 0) is 80.5 Å². The van der Waals surface area contributed by atoms with Gasteiger partial charge in [0.1, 0.15) is 5.60 Å². The fraction of sp³-hybridized carbons (Fsp3) is 0.417. The van der Waals surface area contributed by atoms with E-state index < -0.39 is 29.7 Å². The number of fused-ring (bicyclic) bond motifs is 1. The molecule has 3 aromatic rings. The largest absolute Gasteiger partial charge is 0.460 e. The maximum atomic E-state index is 14.2. The Hall–Kier alpha value is -3.39. The second kappa shape index (κ2) is 13.9. The number of rotatable bonds is 8. The first-order valence-electron chi connectivity index (χ1n) is 15.5. The van der Waals surface area contributed by atoms with Crippen LogP contribution in [0, 0.1) is 0 Å². The third-order valence-electron chi connectivity index (χ3n) is 8.50. The van der Waals surface area contributed by atoms with E-state index in [1.165, 1.54) is 0 Å². The third kappa shape index (κ3) is 7.71. The highest BCUT2D eigenvalue weighted by Crippen LogP contribution is 2.47. The van der Waals surface area contributed by atoms with Crippen molar-refractivity contribution in [2.75, 3.05) is 6.54 Å². The van der Waals surface area contributed by atoms with Gasteiger partial charge in [0.2, 0.25) is 5.91 Å². The predicted octanol–water partition coefficient (Wildman–Crippen LogP) is 6.82. The Morgan fingerprint density at radius 1 is 0.956 bits per heavy atom. The molecule has 1 aliphatic carbocycles. The van der Waals surface area contributed by atoms with Crippen molar-refractivity contribution in [1.29, 1.82) is 0 Å². The van der Waals surface area contributed by atoms with Gasteiger partial charge in [0.15, 0.2) is 0 Å². The first kappa shape index (κ1) is 33.0. The Balaban J connectivity index is 1.39. The van der Waals surface area contributed by atoms with Crippen LogP contribution in [0.25, 0.3) is 0 Å². The van der Waals surface area contributed by atoms with Crippen molar-refractivity contribution >= 4 is 41.0 Å².